The van der Waals surface area contributed by atoms with Crippen LogP contribution in [-0.4, -0.2) is 120 Å². The van der Waals surface area contributed by atoms with Gasteiger partial charge in [0.1, 0.15) is 11.6 Å². The van der Waals surface area contributed by atoms with Crippen LogP contribution < -0.4 is 15.1 Å². The summed E-state index contributed by atoms with van der Waals surface area (Å²) < 4.78 is 32.6. The van der Waals surface area contributed by atoms with E-state index in [1.54, 1.807) is 24.3 Å². The Morgan fingerprint density at radius 3 is 1.56 bits per heavy atom. The summed E-state index contributed by atoms with van der Waals surface area (Å²) in [6.45, 7) is 8.56. The van der Waals surface area contributed by atoms with Crippen molar-refractivity contribution < 1.29 is 18.4 Å². The van der Waals surface area contributed by atoms with E-state index in [9.17, 15) is 18.4 Å². The van der Waals surface area contributed by atoms with Gasteiger partial charge in [0.2, 0.25) is 0 Å². The second kappa shape index (κ2) is 18.9. The molecule has 1 unspecified atom stereocenters. The van der Waals surface area contributed by atoms with E-state index in [4.69, 9.17) is 23.2 Å². The van der Waals surface area contributed by atoms with E-state index in [0.717, 1.165) is 66.4 Å². The lowest BCUT2D eigenvalue weighted by atomic mass is 10.1. The first kappa shape index (κ1) is 43.1. The number of nitrogens with zero attached hydrogens (tertiary/aromatic N) is 7. The normalized spacial score (nSPS) is 19.6. The Kier molecular flexibility index (Phi) is 12.9. The number of carbonyl (C=O) groups is 2. The average Bonchev–Trinajstić information content (AvgIpc) is 4.12. The highest BCUT2D eigenvalue weighted by atomic mass is 35.5. The molecule has 4 aliphatic rings. The molecule has 2 amide bonds. The van der Waals surface area contributed by atoms with E-state index in [1.807, 2.05) is 80.5 Å². The van der Waals surface area contributed by atoms with E-state index < -0.39 is 0 Å². The second-order valence-electron chi connectivity index (χ2n) is 17.2. The van der Waals surface area contributed by atoms with E-state index in [1.165, 1.54) is 25.0 Å². The van der Waals surface area contributed by atoms with Gasteiger partial charge in [0.05, 0.1) is 33.5 Å². The lowest BCUT2D eigenvalue weighted by Gasteiger charge is -2.36. The molecule has 6 aromatic rings. The topological polar surface area (TPSA) is 72.2 Å². The number of para-hydroxylation sites is 2. The molecule has 1 N–H and O–H groups in total. The number of carbonyl (C=O) groups excluding carboxylic acids is 2. The van der Waals surface area contributed by atoms with Crippen molar-refractivity contribution in [2.24, 2.45) is 0 Å². The zero-order chi connectivity index (χ0) is 43.6. The lowest BCUT2D eigenvalue weighted by Crippen LogP contribution is -2.49. The van der Waals surface area contributed by atoms with E-state index >= 15 is 0 Å². The van der Waals surface area contributed by atoms with Gasteiger partial charge in [0.25, 0.3) is 11.8 Å². The molecule has 0 saturated carbocycles. The standard InChI is InChI=1S/C25H28ClFN4O.C24H26ClFN4O/c1-28-10-4-5-19(28)16-31-17-21(20-9-8-18(26)15-24(20)31)25(32)30-13-11-29(12-14-30)23-7-3-2-6-22(23)27;25-17-7-8-19-20(16-30(23(19)14-17)15-18-4-3-9-27-18)24(31)29-12-10-28(11-13-29)22-6-2-1-5-21(22)26/h2-3,6-9,15,17,19H,4-5,10-14,16H2,1H3;1-2,5-8,14,16,18,27H,3-4,9-13,15H2/t19-;/m0./s1. The van der Waals surface area contributed by atoms with Crippen molar-refractivity contribution in [1.29, 1.82) is 0 Å². The SMILES string of the molecule is CN1CCC[C@H]1Cn1cc(C(=O)N2CCN(c3ccccc3F)CC2)c2ccc(Cl)cc21.O=C(c1cn(CC2CCCN2)c2cc(Cl)ccc12)N1CCN(c2ccccc2F)CC1. The number of fused-ring (bicyclic) bond motifs is 2. The van der Waals surface area contributed by atoms with E-state index in [2.05, 4.69) is 26.4 Å². The summed E-state index contributed by atoms with van der Waals surface area (Å²) >= 11 is 12.6. The highest BCUT2D eigenvalue weighted by Crippen LogP contribution is 2.31. The van der Waals surface area contributed by atoms with E-state index in [-0.39, 0.29) is 23.4 Å². The quantitative estimate of drug-likeness (QED) is 0.165. The number of aromatic nitrogens is 2. The molecule has 2 aromatic heterocycles. The third-order valence-corrected chi connectivity index (χ3v) is 13.8. The Bertz CT molecular complexity index is 2590. The van der Waals surface area contributed by atoms with Crippen LogP contribution in [0.4, 0.5) is 20.2 Å². The minimum absolute atomic E-state index is 0.0265. The van der Waals surface area contributed by atoms with Crippen LogP contribution in [0.25, 0.3) is 21.8 Å². The van der Waals surface area contributed by atoms with Crippen molar-refractivity contribution in [2.45, 2.75) is 50.9 Å². The van der Waals surface area contributed by atoms with Gasteiger partial charge in [-0.25, -0.2) is 8.78 Å². The number of benzene rings is 4. The largest absolute Gasteiger partial charge is 0.366 e. The molecule has 0 aliphatic carbocycles. The van der Waals surface area contributed by atoms with Gasteiger partial charge in [0.15, 0.2) is 0 Å². The number of hydrogen-bond donors (Lipinski definition) is 1. The van der Waals surface area contributed by atoms with Crippen LogP contribution in [0.15, 0.2) is 97.3 Å². The second-order valence-corrected chi connectivity index (χ2v) is 18.1. The molecule has 0 radical (unpaired) electrons. The minimum atomic E-state index is -0.220. The number of rotatable bonds is 8. The first-order chi connectivity index (χ1) is 30.6. The molecule has 10 rings (SSSR count). The zero-order valence-electron chi connectivity index (χ0n) is 35.7. The maximum absolute atomic E-state index is 14.2. The molecule has 4 fully saturated rings. The number of halogens is 4. The molecular formula is C49H54Cl2F2N8O2. The van der Waals surface area contributed by atoms with Crippen molar-refractivity contribution in [3.8, 4) is 0 Å². The summed E-state index contributed by atoms with van der Waals surface area (Å²) in [4.78, 5) is 37.1. The number of nitrogens with one attached hydrogen (secondary N) is 1. The summed E-state index contributed by atoms with van der Waals surface area (Å²) in [6, 6.07) is 26.0. The number of amides is 2. The number of likely N-dealkylation sites (N-methyl/N-ethyl adjacent to an activating group) is 1. The fourth-order valence-corrected chi connectivity index (χ4v) is 10.2. The Morgan fingerprint density at radius 2 is 1.11 bits per heavy atom. The van der Waals surface area contributed by atoms with Crippen molar-refractivity contribution in [3.05, 3.63) is 130 Å². The number of likely N-dealkylation sites (tertiary alicyclic amines) is 1. The molecule has 4 aromatic carbocycles. The smallest absolute Gasteiger partial charge is 0.256 e. The number of anilines is 2. The summed E-state index contributed by atoms with van der Waals surface area (Å²) in [5.41, 5.74) is 4.64. The van der Waals surface area contributed by atoms with Gasteiger partial charge in [-0.15, -0.1) is 0 Å². The highest BCUT2D eigenvalue weighted by molar-refractivity contribution is 6.31. The third kappa shape index (κ3) is 9.27. The molecule has 330 valence electrons. The van der Waals surface area contributed by atoms with Crippen LogP contribution in [-0.2, 0) is 13.1 Å². The Hall–Kier alpha value is -5.14. The van der Waals surface area contributed by atoms with Gasteiger partial charge in [0, 0.05) is 111 Å². The van der Waals surface area contributed by atoms with Crippen molar-refractivity contribution in [3.63, 3.8) is 0 Å². The molecule has 0 spiro atoms. The summed E-state index contributed by atoms with van der Waals surface area (Å²) in [6.07, 6.45) is 8.67. The minimum Gasteiger partial charge on any atom is -0.366 e. The molecule has 2 atom stereocenters. The van der Waals surface area contributed by atoms with Gasteiger partial charge >= 0.3 is 0 Å². The van der Waals surface area contributed by atoms with Gasteiger partial charge in [-0.1, -0.05) is 59.6 Å². The maximum atomic E-state index is 14.2. The van der Waals surface area contributed by atoms with Gasteiger partial charge in [-0.05, 0) is 94.4 Å². The van der Waals surface area contributed by atoms with Crippen molar-refractivity contribution >= 4 is 68.2 Å². The molecule has 4 aliphatic heterocycles. The summed E-state index contributed by atoms with van der Waals surface area (Å²) in [7, 11) is 2.16. The van der Waals surface area contributed by atoms with Crippen molar-refractivity contribution in [2.75, 3.05) is 82.3 Å². The van der Waals surface area contributed by atoms with Gasteiger partial charge in [-0.3, -0.25) is 9.59 Å². The van der Waals surface area contributed by atoms with Crippen LogP contribution in [0.1, 0.15) is 46.4 Å². The average molecular weight is 896 g/mol. The fourth-order valence-electron chi connectivity index (χ4n) is 9.82. The van der Waals surface area contributed by atoms with Crippen molar-refractivity contribution in [1.82, 2.24) is 29.2 Å². The van der Waals surface area contributed by atoms with Crippen LogP contribution in [0.5, 0.6) is 0 Å². The molecule has 14 heteroatoms. The Morgan fingerprint density at radius 1 is 0.619 bits per heavy atom. The molecule has 10 nitrogen and oxygen atoms in total. The molecular weight excluding hydrogens is 841 g/mol. The van der Waals surface area contributed by atoms with Gasteiger partial charge in [-0.2, -0.15) is 0 Å². The first-order valence-corrected chi connectivity index (χ1v) is 22.9. The Balaban J connectivity index is 0.000000160. The number of piperazine rings is 2. The predicted molar refractivity (Wildman–Crippen MR) is 250 cm³/mol. The zero-order valence-corrected chi connectivity index (χ0v) is 37.2. The molecule has 6 heterocycles. The van der Waals surface area contributed by atoms with Crippen LogP contribution >= 0.6 is 23.2 Å². The first-order valence-electron chi connectivity index (χ1n) is 22.2. The number of hydrogen-bond acceptors (Lipinski definition) is 6. The predicted octanol–water partition coefficient (Wildman–Crippen LogP) is 8.64. The summed E-state index contributed by atoms with van der Waals surface area (Å²) in [5, 5.41) is 6.75. The fraction of sp³-hybridized carbons (Fsp3) is 0.388. The molecule has 0 bridgehead atoms. The molecule has 63 heavy (non-hydrogen) atoms. The molecule has 4 saturated heterocycles. The third-order valence-electron chi connectivity index (χ3n) is 13.3. The Labute approximate surface area is 377 Å². The lowest BCUT2D eigenvalue weighted by molar-refractivity contribution is 0.0740. The van der Waals surface area contributed by atoms with Crippen LogP contribution in [0.3, 0.4) is 0 Å². The maximum Gasteiger partial charge on any atom is 0.256 e. The summed E-state index contributed by atoms with van der Waals surface area (Å²) in [5.74, 6) is -0.380. The highest BCUT2D eigenvalue weighted by Gasteiger charge is 2.29. The monoisotopic (exact) mass is 894 g/mol. The van der Waals surface area contributed by atoms with Gasteiger partial charge < -0.3 is 39.0 Å². The van der Waals surface area contributed by atoms with E-state index in [0.29, 0.717) is 91.4 Å². The van der Waals surface area contributed by atoms with Crippen LogP contribution in [0, 0.1) is 11.6 Å². The van der Waals surface area contributed by atoms with Crippen LogP contribution in [0.2, 0.25) is 10.0 Å².